The predicted molar refractivity (Wildman–Crippen MR) is 189 cm³/mol. The van der Waals surface area contributed by atoms with Gasteiger partial charge in [0.1, 0.15) is 40.8 Å². The number of para-hydroxylation sites is 3. The lowest BCUT2D eigenvalue weighted by molar-refractivity contribution is -0.110. The maximum absolute atomic E-state index is 14.4. The van der Waals surface area contributed by atoms with E-state index in [9.17, 15) is 19.6 Å². The summed E-state index contributed by atoms with van der Waals surface area (Å²) in [5, 5.41) is 9.18. The van der Waals surface area contributed by atoms with Crippen LogP contribution < -0.4 is 32.3 Å². The molecule has 12 nitrogen and oxygen atoms in total. The first-order valence-electron chi connectivity index (χ1n) is 15.2. The number of hydrogen-bond donors (Lipinski definition) is 0. The van der Waals surface area contributed by atoms with E-state index in [1.807, 2.05) is 6.08 Å². The molecule has 0 amide bonds. The number of ketones is 1. The fourth-order valence-electron chi connectivity index (χ4n) is 4.70. The first kappa shape index (κ1) is 36.4. The highest BCUT2D eigenvalue weighted by Gasteiger charge is 2.30. The molecule has 3 unspecified atom stereocenters. The Kier molecular flexibility index (Phi) is 12.6. The van der Waals surface area contributed by atoms with Crippen LogP contribution in [0.15, 0.2) is 109 Å². The average molecular weight is 728 g/mol. The third-order valence-corrected chi connectivity index (χ3v) is 9.17. The molecule has 5 rings (SSSR count). The number of ether oxygens (including phenoxy) is 3. The van der Waals surface area contributed by atoms with Gasteiger partial charge in [-0.15, -0.1) is 5.26 Å². The third-order valence-electron chi connectivity index (χ3n) is 7.21. The van der Waals surface area contributed by atoms with Crippen molar-refractivity contribution in [3.8, 4) is 46.5 Å². The number of hydrogen-bond acceptors (Lipinski definition) is 12. The van der Waals surface area contributed by atoms with Crippen LogP contribution in [0, 0.1) is 17.4 Å². The molecule has 0 heterocycles. The standard InChI is InChI=1S/C37H31NO11P2/c1-42-27-16-18-29(35(20-27)46-50(3)45-31-12-6-4-10-25(31)22-39)37(41)30-19-17-28(43-2)21-36(30)49-51(47-32-13-7-5-11-26(32)23-40)48-34-15-9-8-14-33(34)44-24-38/h4-10,12-23,26H,11H2,1-3H3. The smallest absolute Gasteiger partial charge is 0.497 e. The van der Waals surface area contributed by atoms with Crippen molar-refractivity contribution < 1.29 is 51.2 Å². The molecule has 14 heteroatoms. The van der Waals surface area contributed by atoms with E-state index >= 15 is 0 Å². The molecular formula is C37H31NO11P2. The molecular weight excluding hydrogens is 696 g/mol. The van der Waals surface area contributed by atoms with Crippen molar-refractivity contribution in [1.29, 1.82) is 5.26 Å². The maximum atomic E-state index is 14.4. The van der Waals surface area contributed by atoms with E-state index in [0.717, 1.165) is 6.29 Å². The molecule has 1 aliphatic rings. The van der Waals surface area contributed by atoms with Crippen LogP contribution in [0.3, 0.4) is 0 Å². The van der Waals surface area contributed by atoms with Gasteiger partial charge in [0.15, 0.2) is 17.8 Å². The molecule has 0 bridgehead atoms. The number of benzene rings is 4. The summed E-state index contributed by atoms with van der Waals surface area (Å²) in [6.07, 6.45) is 8.66. The number of aldehydes is 2. The van der Waals surface area contributed by atoms with Gasteiger partial charge in [0, 0.05) is 18.8 Å². The van der Waals surface area contributed by atoms with Crippen LogP contribution in [0.5, 0.6) is 40.2 Å². The van der Waals surface area contributed by atoms with E-state index in [2.05, 4.69) is 0 Å². The van der Waals surface area contributed by atoms with Crippen molar-refractivity contribution in [3.05, 3.63) is 126 Å². The van der Waals surface area contributed by atoms with Crippen LogP contribution in [0.4, 0.5) is 0 Å². The Morgan fingerprint density at radius 2 is 1.35 bits per heavy atom. The van der Waals surface area contributed by atoms with E-state index in [0.29, 0.717) is 35.5 Å². The molecule has 0 saturated heterocycles. The van der Waals surface area contributed by atoms with Crippen molar-refractivity contribution >= 4 is 35.3 Å². The van der Waals surface area contributed by atoms with E-state index in [1.54, 1.807) is 91.8 Å². The van der Waals surface area contributed by atoms with Gasteiger partial charge < -0.3 is 41.6 Å². The lowest BCUT2D eigenvalue weighted by atomic mass is 10.0. The molecule has 0 spiro atoms. The van der Waals surface area contributed by atoms with Crippen LogP contribution in [0.2, 0.25) is 0 Å². The molecule has 51 heavy (non-hydrogen) atoms. The zero-order valence-corrected chi connectivity index (χ0v) is 29.4. The Hall–Kier alpha value is -5.88. The molecule has 1 aliphatic carbocycles. The second kappa shape index (κ2) is 17.7. The predicted octanol–water partition coefficient (Wildman–Crippen LogP) is 8.37. The molecule has 0 saturated carbocycles. The van der Waals surface area contributed by atoms with Crippen molar-refractivity contribution in [2.24, 2.45) is 5.92 Å². The summed E-state index contributed by atoms with van der Waals surface area (Å²) < 4.78 is 46.6. The van der Waals surface area contributed by atoms with Gasteiger partial charge in [-0.3, -0.25) is 9.59 Å². The lowest BCUT2D eigenvalue weighted by Crippen LogP contribution is -2.12. The van der Waals surface area contributed by atoms with E-state index in [1.165, 1.54) is 32.4 Å². The molecule has 3 atom stereocenters. The minimum Gasteiger partial charge on any atom is -0.497 e. The minimum atomic E-state index is -2.44. The van der Waals surface area contributed by atoms with E-state index in [-0.39, 0.29) is 39.9 Å². The summed E-state index contributed by atoms with van der Waals surface area (Å²) >= 11 is 0. The summed E-state index contributed by atoms with van der Waals surface area (Å²) in [7, 11) is -1.19. The zero-order valence-electron chi connectivity index (χ0n) is 27.6. The number of nitrogens with zero attached hydrogens (tertiary/aromatic N) is 1. The van der Waals surface area contributed by atoms with Gasteiger partial charge in [0.2, 0.25) is 5.78 Å². The van der Waals surface area contributed by atoms with Crippen LogP contribution in [0.25, 0.3) is 0 Å². The minimum absolute atomic E-state index is 0.0236. The summed E-state index contributed by atoms with van der Waals surface area (Å²) in [5.74, 6) is 0.689. The second-order valence-electron chi connectivity index (χ2n) is 10.4. The van der Waals surface area contributed by atoms with Crippen molar-refractivity contribution in [2.45, 2.75) is 6.42 Å². The molecule has 260 valence electrons. The molecule has 4 aromatic carbocycles. The Morgan fingerprint density at radius 3 is 1.98 bits per heavy atom. The number of carbonyl (C=O) groups excluding carboxylic acids is 3. The largest absolute Gasteiger partial charge is 0.530 e. The van der Waals surface area contributed by atoms with Crippen LogP contribution in [-0.4, -0.2) is 39.2 Å². The summed E-state index contributed by atoms with van der Waals surface area (Å²) in [6.45, 7) is 1.68. The SMILES string of the molecule is COc1ccc(C(=O)c2ccc(OC)cc2OP(OC2=CC=CCC2C=O)Oc2ccccc2OC#N)c(OP(C)Oc2ccccc2C=O)c1. The molecule has 0 N–H and O–H groups in total. The maximum Gasteiger partial charge on any atom is 0.530 e. The van der Waals surface area contributed by atoms with Gasteiger partial charge in [-0.2, -0.15) is 0 Å². The average Bonchev–Trinajstić information content (AvgIpc) is 3.15. The van der Waals surface area contributed by atoms with Crippen LogP contribution in [-0.2, 0) is 9.32 Å². The van der Waals surface area contributed by atoms with Gasteiger partial charge >= 0.3 is 8.60 Å². The van der Waals surface area contributed by atoms with Gasteiger partial charge in [-0.25, -0.2) is 0 Å². The Balaban J connectivity index is 1.51. The first-order valence-corrected chi connectivity index (χ1v) is 17.9. The van der Waals surface area contributed by atoms with Crippen LogP contribution >= 0.6 is 17.0 Å². The molecule has 0 fully saturated rings. The molecule has 0 aliphatic heterocycles. The topological polar surface area (TPSA) is 149 Å². The summed E-state index contributed by atoms with van der Waals surface area (Å²) in [6, 6.07) is 22.4. The first-order chi connectivity index (χ1) is 24.9. The van der Waals surface area contributed by atoms with Crippen molar-refractivity contribution in [3.63, 3.8) is 0 Å². The number of rotatable bonds is 17. The fraction of sp³-hybridized carbons (Fsp3) is 0.135. The second-order valence-corrected chi connectivity index (χ2v) is 12.7. The molecule has 0 radical (unpaired) electrons. The van der Waals surface area contributed by atoms with Crippen LogP contribution in [0.1, 0.15) is 32.7 Å². The Labute approximate surface area is 296 Å². The molecule has 4 aromatic rings. The third kappa shape index (κ3) is 9.22. The highest BCUT2D eigenvalue weighted by atomic mass is 31.2. The summed E-state index contributed by atoms with van der Waals surface area (Å²) in [5.41, 5.74) is 0.580. The number of methoxy groups -OCH3 is 2. The normalized spacial score (nSPS) is 14.4. The molecule has 0 aromatic heterocycles. The Bertz CT molecular complexity index is 1990. The highest BCUT2D eigenvalue weighted by molar-refractivity contribution is 7.47. The zero-order chi connectivity index (χ0) is 36.2. The number of nitriles is 1. The summed E-state index contributed by atoms with van der Waals surface area (Å²) in [4.78, 5) is 37.8. The van der Waals surface area contributed by atoms with Gasteiger partial charge in [-0.05, 0) is 61.0 Å². The van der Waals surface area contributed by atoms with Crippen molar-refractivity contribution in [1.82, 2.24) is 0 Å². The quantitative estimate of drug-likeness (QED) is 0.0445. The van der Waals surface area contributed by atoms with E-state index in [4.69, 9.17) is 36.8 Å². The highest BCUT2D eigenvalue weighted by Crippen LogP contribution is 2.49. The lowest BCUT2D eigenvalue weighted by Gasteiger charge is -2.24. The van der Waals surface area contributed by atoms with Gasteiger partial charge in [0.25, 0.3) is 14.6 Å². The number of carbonyl (C=O) groups is 3. The van der Waals surface area contributed by atoms with Gasteiger partial charge in [0.05, 0.1) is 36.8 Å². The van der Waals surface area contributed by atoms with Gasteiger partial charge in [-0.1, -0.05) is 36.4 Å². The fourth-order valence-corrected chi connectivity index (χ4v) is 6.71. The van der Waals surface area contributed by atoms with Crippen molar-refractivity contribution in [2.75, 3.05) is 20.9 Å². The number of allylic oxidation sites excluding steroid dienone is 4. The Morgan fingerprint density at radius 1 is 0.765 bits per heavy atom. The monoisotopic (exact) mass is 727 g/mol. The van der Waals surface area contributed by atoms with E-state index < -0.39 is 28.7 Å².